The van der Waals surface area contributed by atoms with Crippen LogP contribution in [0.15, 0.2) is 218 Å². The number of benzene rings is 8. The maximum Gasteiger partial charge on any atom is 0.182 e. The van der Waals surface area contributed by atoms with Gasteiger partial charge in [0, 0.05) is 38.9 Å². The first-order valence-corrected chi connectivity index (χ1v) is 20.8. The molecule has 0 bridgehead atoms. The Morgan fingerprint density at radius 3 is 0.937 bits per heavy atom. The van der Waals surface area contributed by atoms with Gasteiger partial charge in [-0.25, -0.2) is 29.9 Å². The highest BCUT2D eigenvalue weighted by Gasteiger charge is 2.49. The van der Waals surface area contributed by atoms with Crippen molar-refractivity contribution >= 4 is 5.78 Å². The Hall–Kier alpha value is -8.55. The van der Waals surface area contributed by atoms with Crippen molar-refractivity contribution in [2.75, 3.05) is 0 Å². The molecule has 0 amide bonds. The first-order valence-electron chi connectivity index (χ1n) is 20.8. The molecule has 11 rings (SSSR count). The van der Waals surface area contributed by atoms with Gasteiger partial charge in [0.2, 0.25) is 0 Å². The third-order valence-corrected chi connectivity index (χ3v) is 11.6. The third kappa shape index (κ3) is 6.69. The van der Waals surface area contributed by atoms with Crippen molar-refractivity contribution in [3.63, 3.8) is 0 Å². The molecule has 0 atom stereocenters. The highest BCUT2D eigenvalue weighted by Crippen LogP contribution is 2.52. The van der Waals surface area contributed by atoms with Gasteiger partial charge in [-0.1, -0.05) is 206 Å². The van der Waals surface area contributed by atoms with Gasteiger partial charge in [-0.15, -0.1) is 0 Å². The van der Waals surface area contributed by atoms with Gasteiger partial charge in [-0.05, 0) is 39.9 Å². The van der Waals surface area contributed by atoms with E-state index in [2.05, 4.69) is 18.2 Å². The Balaban J connectivity index is 1.15. The van der Waals surface area contributed by atoms with Gasteiger partial charge in [-0.2, -0.15) is 0 Å². The maximum atomic E-state index is 16.1. The fraction of sp³-hybridized carbons (Fsp3) is 0.0179. The van der Waals surface area contributed by atoms with Crippen molar-refractivity contribution in [3.05, 3.63) is 241 Å². The highest BCUT2D eigenvalue weighted by atomic mass is 16.1. The van der Waals surface area contributed by atoms with E-state index in [-0.39, 0.29) is 5.78 Å². The van der Waals surface area contributed by atoms with E-state index in [4.69, 9.17) is 29.9 Å². The van der Waals surface area contributed by atoms with Gasteiger partial charge in [0.05, 0.1) is 0 Å². The second-order valence-corrected chi connectivity index (χ2v) is 15.4. The second-order valence-electron chi connectivity index (χ2n) is 15.4. The Kier molecular flexibility index (Phi) is 9.40. The lowest BCUT2D eigenvalue weighted by Gasteiger charge is -2.40. The van der Waals surface area contributed by atoms with E-state index < -0.39 is 5.41 Å². The van der Waals surface area contributed by atoms with Gasteiger partial charge in [0.1, 0.15) is 5.41 Å². The molecule has 7 heteroatoms. The van der Waals surface area contributed by atoms with Crippen molar-refractivity contribution in [1.82, 2.24) is 29.9 Å². The summed E-state index contributed by atoms with van der Waals surface area (Å²) in [6, 6.07) is 72.1. The minimum Gasteiger partial charge on any atom is -0.292 e. The van der Waals surface area contributed by atoms with E-state index in [0.29, 0.717) is 46.1 Å². The van der Waals surface area contributed by atoms with Gasteiger partial charge >= 0.3 is 0 Å². The van der Waals surface area contributed by atoms with Gasteiger partial charge in [0.15, 0.2) is 40.7 Å². The molecule has 63 heavy (non-hydrogen) atoms. The summed E-state index contributed by atoms with van der Waals surface area (Å²) in [5, 5.41) is 0. The second kappa shape index (κ2) is 15.8. The van der Waals surface area contributed by atoms with Crippen LogP contribution < -0.4 is 0 Å². The number of Topliss-reactive ketones (excluding diaryl/α,β-unsaturated/α-hetero) is 1. The predicted molar refractivity (Wildman–Crippen MR) is 248 cm³/mol. The molecule has 2 aromatic heterocycles. The first kappa shape index (κ1) is 37.4. The molecule has 8 aromatic carbocycles. The third-order valence-electron chi connectivity index (χ3n) is 11.6. The molecule has 0 unspecified atom stereocenters. The van der Waals surface area contributed by atoms with Crippen LogP contribution >= 0.6 is 0 Å². The number of aromatic nitrogens is 6. The number of hydrogen-bond donors (Lipinski definition) is 0. The number of hydrogen-bond acceptors (Lipinski definition) is 7. The zero-order chi connectivity index (χ0) is 42.2. The standard InChI is InChI=1S/C56H36N6O/c63-49-47-35-41(54-59-50(37-19-7-1-8-20-37)57-51(60-54)38-21-9-2-10-22-38)31-33-45(47)46-34-32-42(36-48(46)56(49,43-27-15-5-16-28-43)44-29-17-6-18-30-44)55-61-52(39-23-11-3-12-24-39)58-53(62-55)40-25-13-4-14-26-40/h1-36H. The van der Waals surface area contributed by atoms with Crippen molar-refractivity contribution in [1.29, 1.82) is 0 Å². The molecule has 0 radical (unpaired) electrons. The molecule has 2 heterocycles. The van der Waals surface area contributed by atoms with Crippen LogP contribution in [0.25, 0.3) is 79.5 Å². The Morgan fingerprint density at radius 1 is 0.270 bits per heavy atom. The summed E-state index contributed by atoms with van der Waals surface area (Å²) in [6.45, 7) is 0. The number of rotatable bonds is 8. The van der Waals surface area contributed by atoms with Gasteiger partial charge < -0.3 is 0 Å². The van der Waals surface area contributed by atoms with Crippen LogP contribution in [0.1, 0.15) is 27.0 Å². The molecule has 0 saturated heterocycles. The average molecular weight is 809 g/mol. The summed E-state index contributed by atoms with van der Waals surface area (Å²) in [5.74, 6) is 3.14. The Labute approximate surface area is 364 Å². The quantitative estimate of drug-likeness (QED) is 0.151. The summed E-state index contributed by atoms with van der Waals surface area (Å²) in [6.07, 6.45) is 0. The van der Waals surface area contributed by atoms with Crippen LogP contribution in [0.4, 0.5) is 0 Å². The Bertz CT molecular complexity index is 3120. The molecular weight excluding hydrogens is 773 g/mol. The summed E-state index contributed by atoms with van der Waals surface area (Å²) < 4.78 is 0. The van der Waals surface area contributed by atoms with Crippen molar-refractivity contribution in [2.24, 2.45) is 0 Å². The van der Waals surface area contributed by atoms with Crippen LogP contribution in [-0.2, 0) is 5.41 Å². The summed E-state index contributed by atoms with van der Waals surface area (Å²) in [7, 11) is 0. The number of carbonyl (C=O) groups excluding carboxylic acids is 1. The van der Waals surface area contributed by atoms with Crippen molar-refractivity contribution in [2.45, 2.75) is 5.41 Å². The lowest BCUT2D eigenvalue weighted by molar-refractivity contribution is 0.0933. The van der Waals surface area contributed by atoms with Crippen LogP contribution in [-0.4, -0.2) is 35.7 Å². The SMILES string of the molecule is O=C1c2cc(-c3nc(-c4ccccc4)nc(-c4ccccc4)n3)ccc2-c2ccc(-c3nc(-c4ccccc4)nc(-c4ccccc4)n3)cc2C1(c1ccccc1)c1ccccc1. The van der Waals surface area contributed by atoms with Crippen LogP contribution in [0, 0.1) is 0 Å². The minimum absolute atomic E-state index is 0.0624. The van der Waals surface area contributed by atoms with Gasteiger partial charge in [0.25, 0.3) is 0 Å². The zero-order valence-corrected chi connectivity index (χ0v) is 33.9. The fourth-order valence-corrected chi connectivity index (χ4v) is 8.65. The normalized spacial score (nSPS) is 12.6. The van der Waals surface area contributed by atoms with E-state index in [1.807, 2.05) is 200 Å². The predicted octanol–water partition coefficient (Wildman–Crippen LogP) is 12.3. The van der Waals surface area contributed by atoms with Crippen LogP contribution in [0.3, 0.4) is 0 Å². The van der Waals surface area contributed by atoms with Gasteiger partial charge in [-0.3, -0.25) is 4.79 Å². The van der Waals surface area contributed by atoms with Crippen LogP contribution in [0.5, 0.6) is 0 Å². The topological polar surface area (TPSA) is 94.4 Å². The summed E-state index contributed by atoms with van der Waals surface area (Å²) in [5.41, 5.74) is 8.57. The van der Waals surface area contributed by atoms with Crippen LogP contribution in [0.2, 0.25) is 0 Å². The molecule has 0 aliphatic heterocycles. The van der Waals surface area contributed by atoms with Crippen molar-refractivity contribution < 1.29 is 4.79 Å². The molecule has 296 valence electrons. The van der Waals surface area contributed by atoms with E-state index in [9.17, 15) is 0 Å². The molecule has 0 saturated carbocycles. The number of carbonyl (C=O) groups is 1. The number of nitrogens with zero attached hydrogens (tertiary/aromatic N) is 6. The smallest absolute Gasteiger partial charge is 0.182 e. The molecule has 1 aliphatic rings. The van der Waals surface area contributed by atoms with E-state index in [1.165, 1.54) is 0 Å². The summed E-state index contributed by atoms with van der Waals surface area (Å²) >= 11 is 0. The number of fused-ring (bicyclic) bond motifs is 3. The van der Waals surface area contributed by atoms with E-state index >= 15 is 4.79 Å². The lowest BCUT2D eigenvalue weighted by Crippen LogP contribution is -2.41. The molecule has 10 aromatic rings. The highest BCUT2D eigenvalue weighted by molar-refractivity contribution is 6.17. The molecule has 0 spiro atoms. The van der Waals surface area contributed by atoms with E-state index in [0.717, 1.165) is 55.6 Å². The largest absolute Gasteiger partial charge is 0.292 e. The zero-order valence-electron chi connectivity index (χ0n) is 33.9. The van der Waals surface area contributed by atoms with E-state index in [1.54, 1.807) is 0 Å². The fourth-order valence-electron chi connectivity index (χ4n) is 8.65. The molecular formula is C56H36N6O. The minimum atomic E-state index is -1.25. The molecule has 0 fully saturated rings. The number of ketones is 1. The monoisotopic (exact) mass is 808 g/mol. The summed E-state index contributed by atoms with van der Waals surface area (Å²) in [4.78, 5) is 46.1. The average Bonchev–Trinajstić information content (AvgIpc) is 3.37. The first-order chi connectivity index (χ1) is 31.1. The van der Waals surface area contributed by atoms with Crippen molar-refractivity contribution in [3.8, 4) is 79.5 Å². The maximum absolute atomic E-state index is 16.1. The molecule has 7 nitrogen and oxygen atoms in total. The lowest BCUT2D eigenvalue weighted by atomic mass is 9.60. The Morgan fingerprint density at radius 2 is 0.571 bits per heavy atom. The molecule has 1 aliphatic carbocycles. The molecule has 0 N–H and O–H groups in total.